The summed E-state index contributed by atoms with van der Waals surface area (Å²) in [6.45, 7) is 11.9. The molecule has 0 spiro atoms. The van der Waals surface area contributed by atoms with Crippen molar-refractivity contribution in [2.45, 2.75) is 123 Å². The average molecular weight is 887 g/mol. The van der Waals surface area contributed by atoms with E-state index in [0.717, 1.165) is 60.6 Å². The molecule has 1 amide bonds. The van der Waals surface area contributed by atoms with Crippen LogP contribution in [-0.4, -0.2) is 64.4 Å². The van der Waals surface area contributed by atoms with E-state index in [9.17, 15) is 26.8 Å². The Balaban J connectivity index is 0.000000200. The molecule has 2 aliphatic rings. The van der Waals surface area contributed by atoms with Crippen LogP contribution in [0.15, 0.2) is 92.9 Å². The van der Waals surface area contributed by atoms with E-state index < -0.39 is 44.9 Å². The predicted octanol–water partition coefficient (Wildman–Crippen LogP) is 9.97. The maximum atomic E-state index is 14.6. The van der Waals surface area contributed by atoms with Gasteiger partial charge in [-0.05, 0) is 157 Å². The zero-order valence-electron chi connectivity index (χ0n) is 35.7. The molecule has 328 valence electrons. The van der Waals surface area contributed by atoms with Gasteiger partial charge < -0.3 is 25.5 Å². The summed E-state index contributed by atoms with van der Waals surface area (Å²) in [5, 5.41) is 2.90. The first-order valence-corrected chi connectivity index (χ1v) is 23.0. The van der Waals surface area contributed by atoms with E-state index in [2.05, 4.69) is 32.4 Å². The molecule has 0 saturated carbocycles. The molecule has 8 rings (SSSR count). The van der Waals surface area contributed by atoms with Gasteiger partial charge in [0, 0.05) is 28.3 Å². The number of aromatic amines is 1. The lowest BCUT2D eigenvalue weighted by Gasteiger charge is -2.27. The van der Waals surface area contributed by atoms with Crippen LogP contribution in [-0.2, 0) is 32.2 Å². The van der Waals surface area contributed by atoms with Crippen molar-refractivity contribution >= 4 is 55.9 Å². The number of aryl methyl sites for hydroxylation is 2. The Morgan fingerprint density at radius 1 is 0.855 bits per heavy atom. The zero-order chi connectivity index (χ0) is 44.6. The largest absolute Gasteiger partial charge is 0.444 e. The van der Waals surface area contributed by atoms with Gasteiger partial charge in [0.2, 0.25) is 9.84 Å². The number of ether oxygens (including phenoxy) is 2. The molecule has 4 N–H and O–H groups in total. The molecule has 0 bridgehead atoms. The highest BCUT2D eigenvalue weighted by molar-refractivity contribution is 7.99. The number of aromatic nitrogens is 4. The van der Waals surface area contributed by atoms with Crippen LogP contribution in [0.5, 0.6) is 0 Å². The second-order valence-electron chi connectivity index (χ2n) is 17.7. The summed E-state index contributed by atoms with van der Waals surface area (Å²) >= 11 is 1.41. The molecular weight excluding hydrogens is 835 g/mol. The Hall–Kier alpha value is -5.32. The summed E-state index contributed by atoms with van der Waals surface area (Å²) < 4.78 is 66.7. The number of nitrogens with two attached hydrogens (primary N) is 1. The molecular formula is C46H52F2N6O6S2. The van der Waals surface area contributed by atoms with Crippen molar-refractivity contribution in [1.29, 1.82) is 0 Å². The third-order valence-corrected chi connectivity index (χ3v) is 13.5. The average Bonchev–Trinajstić information content (AvgIpc) is 3.85. The monoisotopic (exact) mass is 886 g/mol. The summed E-state index contributed by atoms with van der Waals surface area (Å²) in [7, 11) is -3.87. The zero-order valence-corrected chi connectivity index (χ0v) is 37.3. The summed E-state index contributed by atoms with van der Waals surface area (Å²) in [4.78, 5) is 37.5. The number of hydrogen-bond donors (Lipinski definition) is 3. The van der Waals surface area contributed by atoms with E-state index in [-0.39, 0.29) is 27.1 Å². The number of alkyl carbamates (subject to hydrolysis) is 1. The van der Waals surface area contributed by atoms with Gasteiger partial charge in [-0.1, -0.05) is 23.9 Å². The van der Waals surface area contributed by atoms with E-state index in [0.29, 0.717) is 34.5 Å². The number of rotatable bonds is 7. The van der Waals surface area contributed by atoms with Crippen molar-refractivity contribution in [3.8, 4) is 0 Å². The molecule has 0 fully saturated rings. The lowest BCUT2D eigenvalue weighted by molar-refractivity contribution is 0.0518. The van der Waals surface area contributed by atoms with Crippen molar-refractivity contribution in [2.24, 2.45) is 5.73 Å². The Morgan fingerprint density at radius 3 is 2.23 bits per heavy atom. The number of nitrogens with one attached hydrogen (secondary N) is 2. The Labute approximate surface area is 364 Å². The van der Waals surface area contributed by atoms with Crippen LogP contribution in [0.25, 0.3) is 22.1 Å². The van der Waals surface area contributed by atoms with Gasteiger partial charge in [0.25, 0.3) is 0 Å². The van der Waals surface area contributed by atoms with Crippen molar-refractivity contribution in [3.05, 3.63) is 107 Å². The highest BCUT2D eigenvalue weighted by Crippen LogP contribution is 2.39. The number of amides is 1. The van der Waals surface area contributed by atoms with Crippen molar-refractivity contribution < 1.29 is 36.3 Å². The van der Waals surface area contributed by atoms with E-state index in [1.165, 1.54) is 58.3 Å². The molecule has 0 radical (unpaired) electrons. The van der Waals surface area contributed by atoms with Crippen LogP contribution in [0, 0.1) is 11.6 Å². The highest BCUT2D eigenvalue weighted by atomic mass is 32.2. The number of carbonyl (C=O) groups is 2. The van der Waals surface area contributed by atoms with Gasteiger partial charge in [0.15, 0.2) is 0 Å². The number of benzene rings is 4. The van der Waals surface area contributed by atoms with Crippen LogP contribution in [0.3, 0.4) is 0 Å². The number of halogens is 2. The number of sulfone groups is 1. The van der Waals surface area contributed by atoms with E-state index in [1.807, 2.05) is 32.9 Å². The number of imidazole rings is 2. The molecule has 2 aromatic heterocycles. The fourth-order valence-corrected chi connectivity index (χ4v) is 10.5. The van der Waals surface area contributed by atoms with Gasteiger partial charge in [-0.2, -0.15) is 0 Å². The van der Waals surface area contributed by atoms with Crippen LogP contribution < -0.4 is 11.1 Å². The first-order chi connectivity index (χ1) is 29.3. The van der Waals surface area contributed by atoms with E-state index in [1.54, 1.807) is 32.9 Å². The summed E-state index contributed by atoms with van der Waals surface area (Å²) in [5.74, 6) is -0.587. The lowest BCUT2D eigenvalue weighted by atomic mass is 9.83. The molecule has 2 atom stereocenters. The number of carbonyl (C=O) groups excluding carboxylic acids is 2. The fourth-order valence-electron chi connectivity index (χ4n) is 8.02. The smallest absolute Gasteiger partial charge is 0.420 e. The first-order valence-electron chi connectivity index (χ1n) is 20.7. The number of nitrogens with zero attached hydrogens (tertiary/aromatic N) is 3. The van der Waals surface area contributed by atoms with Gasteiger partial charge in [-0.3, -0.25) is 0 Å². The molecule has 0 saturated heterocycles. The maximum Gasteiger partial charge on any atom is 0.420 e. The van der Waals surface area contributed by atoms with Crippen molar-refractivity contribution in [1.82, 2.24) is 24.8 Å². The predicted molar refractivity (Wildman–Crippen MR) is 234 cm³/mol. The Kier molecular flexibility index (Phi) is 12.8. The lowest BCUT2D eigenvalue weighted by Crippen LogP contribution is -2.35. The topological polar surface area (TPSA) is 171 Å². The molecule has 12 nitrogen and oxygen atoms in total. The Bertz CT molecular complexity index is 2760. The molecule has 16 heteroatoms. The minimum atomic E-state index is -3.87. The second-order valence-corrected chi connectivity index (χ2v) is 20.7. The van der Waals surface area contributed by atoms with E-state index >= 15 is 0 Å². The van der Waals surface area contributed by atoms with Gasteiger partial charge in [-0.15, -0.1) is 0 Å². The number of fused-ring (bicyclic) bond motifs is 4. The molecule has 2 aliphatic carbocycles. The third-order valence-electron chi connectivity index (χ3n) is 10.7. The third kappa shape index (κ3) is 10.1. The van der Waals surface area contributed by atoms with Gasteiger partial charge in [0.05, 0.1) is 22.3 Å². The highest BCUT2D eigenvalue weighted by Gasteiger charge is 2.28. The summed E-state index contributed by atoms with van der Waals surface area (Å²) in [5.41, 5.74) is 10.7. The quantitative estimate of drug-likeness (QED) is 0.140. The van der Waals surface area contributed by atoms with Gasteiger partial charge >= 0.3 is 12.2 Å². The summed E-state index contributed by atoms with van der Waals surface area (Å²) in [6.07, 6.45) is 7.52. The van der Waals surface area contributed by atoms with Gasteiger partial charge in [0.1, 0.15) is 45.1 Å². The van der Waals surface area contributed by atoms with Crippen LogP contribution in [0.4, 0.5) is 18.4 Å². The van der Waals surface area contributed by atoms with Crippen molar-refractivity contribution in [2.75, 3.05) is 13.1 Å². The van der Waals surface area contributed by atoms with Crippen LogP contribution in [0.1, 0.15) is 101 Å². The Morgan fingerprint density at radius 2 is 1.52 bits per heavy atom. The molecule has 0 unspecified atom stereocenters. The first kappa shape index (κ1) is 44.7. The normalized spacial score (nSPS) is 16.5. The SMILES string of the molecule is CC(C)(C)OC(=O)NC[C@@H]1CCCc2cc(Sc3cc(F)cc4c3ncn4C(=O)OC(C)(C)C)ccc21.NC[C@@H]1CCCc2cc(S(=O)(=O)c3cc(F)cc4[nH]cnc34)ccc21. The second kappa shape index (κ2) is 17.8. The molecule has 4 aromatic carbocycles. The molecule has 62 heavy (non-hydrogen) atoms. The molecule has 2 heterocycles. The van der Waals surface area contributed by atoms with Crippen LogP contribution in [0.2, 0.25) is 0 Å². The maximum absolute atomic E-state index is 14.6. The fraction of sp³-hybridized carbons (Fsp3) is 0.391. The van der Waals surface area contributed by atoms with Crippen LogP contribution >= 0.6 is 11.8 Å². The minimum Gasteiger partial charge on any atom is -0.444 e. The van der Waals surface area contributed by atoms with Gasteiger partial charge in [-0.25, -0.2) is 41.3 Å². The van der Waals surface area contributed by atoms with Crippen molar-refractivity contribution in [3.63, 3.8) is 0 Å². The minimum absolute atomic E-state index is 0.116. The number of hydrogen-bond acceptors (Lipinski definition) is 10. The molecule has 0 aliphatic heterocycles. The van der Waals surface area contributed by atoms with E-state index in [4.69, 9.17) is 15.2 Å². The molecule has 6 aromatic rings. The number of H-pyrrole nitrogens is 1. The summed E-state index contributed by atoms with van der Waals surface area (Å²) in [6, 6.07) is 16.4. The standard InChI is InChI=1S/C28H34FN3O4S.C18H18FN3O2S/c1-27(2,3)35-25(33)30-15-18-9-7-8-17-12-20(10-11-21(17)18)37-23-14-19(29)13-22-24(23)31-16-32(22)26(34)36-28(4,5)6;19-13-7-16-18(22-10-21-16)17(8-13)25(23,24)14-4-5-15-11(6-14)2-1-3-12(15)9-20/h10-14,16,18H,7-9,15H2,1-6H3,(H,30,33);4-8,10,12H,1-3,9,20H2,(H,21,22)/t18-;12-/m00/s1.